The third-order valence-electron chi connectivity index (χ3n) is 5.13. The van der Waals surface area contributed by atoms with Crippen LogP contribution in [-0.4, -0.2) is 44.6 Å². The number of nitrogens with two attached hydrogens (primary N) is 1. The predicted molar refractivity (Wildman–Crippen MR) is 102 cm³/mol. The summed E-state index contributed by atoms with van der Waals surface area (Å²) < 4.78 is 5.86. The Morgan fingerprint density at radius 3 is 2.64 bits per heavy atom. The van der Waals surface area contributed by atoms with E-state index in [1.807, 2.05) is 38.4 Å². The van der Waals surface area contributed by atoms with Crippen LogP contribution < -0.4 is 15.8 Å². The van der Waals surface area contributed by atoms with Crippen LogP contribution >= 0.6 is 0 Å². The molecule has 1 amide bonds. The highest BCUT2D eigenvalue weighted by atomic mass is 16.5. The molecule has 5 heteroatoms. The van der Waals surface area contributed by atoms with Crippen LogP contribution in [0, 0.1) is 5.41 Å². The van der Waals surface area contributed by atoms with E-state index in [-0.39, 0.29) is 11.3 Å². The molecule has 0 atom stereocenters. The van der Waals surface area contributed by atoms with Gasteiger partial charge in [0.25, 0.3) is 0 Å². The smallest absolute Gasteiger partial charge is 0.220 e. The van der Waals surface area contributed by atoms with Gasteiger partial charge in [-0.05, 0) is 45.0 Å². The Kier molecular flexibility index (Phi) is 7.72. The van der Waals surface area contributed by atoms with Crippen molar-refractivity contribution in [1.82, 2.24) is 10.2 Å². The molecule has 140 valence electrons. The van der Waals surface area contributed by atoms with Crippen molar-refractivity contribution in [1.29, 1.82) is 0 Å². The summed E-state index contributed by atoms with van der Waals surface area (Å²) in [6.07, 6.45) is 6.32. The van der Waals surface area contributed by atoms with Gasteiger partial charge in [0.05, 0.1) is 0 Å². The average molecular weight is 348 g/mol. The quantitative estimate of drug-likeness (QED) is 0.720. The minimum absolute atomic E-state index is 0.00403. The fraction of sp³-hybridized carbons (Fsp3) is 0.650. The van der Waals surface area contributed by atoms with E-state index in [0.29, 0.717) is 26.1 Å². The third-order valence-corrected chi connectivity index (χ3v) is 5.13. The summed E-state index contributed by atoms with van der Waals surface area (Å²) in [5, 5.41) is 3.06. The second kappa shape index (κ2) is 9.78. The predicted octanol–water partition coefficient (Wildman–Crippen LogP) is 2.54. The molecular weight excluding hydrogens is 314 g/mol. The second-order valence-corrected chi connectivity index (χ2v) is 7.48. The van der Waals surface area contributed by atoms with E-state index in [2.05, 4.69) is 10.2 Å². The van der Waals surface area contributed by atoms with Crippen LogP contribution in [-0.2, 0) is 11.3 Å². The maximum atomic E-state index is 12.4. The Morgan fingerprint density at radius 1 is 1.24 bits per heavy atom. The fourth-order valence-electron chi connectivity index (χ4n) is 3.48. The molecule has 0 aromatic heterocycles. The summed E-state index contributed by atoms with van der Waals surface area (Å²) in [4.78, 5) is 14.5. The van der Waals surface area contributed by atoms with Gasteiger partial charge < -0.3 is 20.7 Å². The average Bonchev–Trinajstić information content (AvgIpc) is 2.61. The van der Waals surface area contributed by atoms with Gasteiger partial charge in [0.1, 0.15) is 12.4 Å². The lowest BCUT2D eigenvalue weighted by molar-refractivity contribution is -0.124. The molecule has 2 rings (SSSR count). The van der Waals surface area contributed by atoms with Crippen LogP contribution in [0.4, 0.5) is 0 Å². The lowest BCUT2D eigenvalue weighted by Gasteiger charge is -2.35. The maximum Gasteiger partial charge on any atom is 0.220 e. The van der Waals surface area contributed by atoms with Crippen molar-refractivity contribution in [3.8, 4) is 5.75 Å². The zero-order chi connectivity index (χ0) is 18.1. The van der Waals surface area contributed by atoms with E-state index in [0.717, 1.165) is 30.7 Å². The highest BCUT2D eigenvalue weighted by Gasteiger charge is 2.32. The number of benzene rings is 1. The molecule has 0 saturated heterocycles. The van der Waals surface area contributed by atoms with E-state index >= 15 is 0 Å². The van der Waals surface area contributed by atoms with Crippen molar-refractivity contribution in [2.75, 3.05) is 33.8 Å². The molecule has 1 fully saturated rings. The summed E-state index contributed by atoms with van der Waals surface area (Å²) in [5.74, 6) is 0.936. The minimum atomic E-state index is 0.00403. The van der Waals surface area contributed by atoms with Crippen molar-refractivity contribution in [2.45, 2.75) is 45.1 Å². The third kappa shape index (κ3) is 6.33. The molecule has 0 radical (unpaired) electrons. The fourth-order valence-corrected chi connectivity index (χ4v) is 3.48. The summed E-state index contributed by atoms with van der Waals surface area (Å²) in [7, 11) is 4.04. The lowest BCUT2D eigenvalue weighted by atomic mass is 9.71. The molecule has 0 aliphatic heterocycles. The summed E-state index contributed by atoms with van der Waals surface area (Å²) in [5.41, 5.74) is 7.01. The molecule has 1 aromatic carbocycles. The summed E-state index contributed by atoms with van der Waals surface area (Å²) in [6.45, 7) is 2.59. The van der Waals surface area contributed by atoms with Gasteiger partial charge in [0.2, 0.25) is 5.91 Å². The van der Waals surface area contributed by atoms with E-state index < -0.39 is 0 Å². The monoisotopic (exact) mass is 347 g/mol. The van der Waals surface area contributed by atoms with Gasteiger partial charge in [-0.15, -0.1) is 0 Å². The zero-order valence-electron chi connectivity index (χ0n) is 15.7. The minimum Gasteiger partial charge on any atom is -0.492 e. The van der Waals surface area contributed by atoms with Gasteiger partial charge in [-0.25, -0.2) is 0 Å². The van der Waals surface area contributed by atoms with Crippen LogP contribution in [0.25, 0.3) is 0 Å². The number of amides is 1. The number of hydrogen-bond acceptors (Lipinski definition) is 4. The van der Waals surface area contributed by atoms with Crippen molar-refractivity contribution >= 4 is 5.91 Å². The first-order chi connectivity index (χ1) is 12.0. The topological polar surface area (TPSA) is 67.6 Å². The highest BCUT2D eigenvalue weighted by Crippen LogP contribution is 2.38. The van der Waals surface area contributed by atoms with Gasteiger partial charge in [-0.1, -0.05) is 37.5 Å². The van der Waals surface area contributed by atoms with Gasteiger partial charge in [0.15, 0.2) is 0 Å². The van der Waals surface area contributed by atoms with Crippen LogP contribution in [0.5, 0.6) is 5.75 Å². The normalized spacial score (nSPS) is 16.6. The van der Waals surface area contributed by atoms with Crippen LogP contribution in [0.15, 0.2) is 24.3 Å². The first kappa shape index (κ1) is 19.7. The Labute approximate surface area is 151 Å². The van der Waals surface area contributed by atoms with E-state index in [1.165, 1.54) is 19.3 Å². The highest BCUT2D eigenvalue weighted by molar-refractivity contribution is 5.76. The van der Waals surface area contributed by atoms with E-state index in [4.69, 9.17) is 10.5 Å². The van der Waals surface area contributed by atoms with Gasteiger partial charge in [-0.3, -0.25) is 4.79 Å². The van der Waals surface area contributed by atoms with Crippen LogP contribution in [0.1, 0.15) is 44.1 Å². The Bertz CT molecular complexity index is 539. The lowest BCUT2D eigenvalue weighted by Crippen LogP contribution is -2.38. The van der Waals surface area contributed by atoms with Crippen molar-refractivity contribution in [3.63, 3.8) is 0 Å². The first-order valence-electron chi connectivity index (χ1n) is 9.37. The Balaban J connectivity index is 1.86. The first-order valence-corrected chi connectivity index (χ1v) is 9.37. The number of carbonyl (C=O) groups is 1. The molecule has 1 aromatic rings. The Hall–Kier alpha value is -1.59. The number of ether oxygens (including phenoxy) is 1. The van der Waals surface area contributed by atoms with E-state index in [9.17, 15) is 4.79 Å². The molecule has 1 aliphatic carbocycles. The van der Waals surface area contributed by atoms with Crippen LogP contribution in [0.2, 0.25) is 0 Å². The molecule has 1 aliphatic rings. The SMILES string of the molecule is CN(C)CCOc1ccccc1CNC(=O)CC1(CN)CCCCC1. The zero-order valence-corrected chi connectivity index (χ0v) is 15.7. The number of nitrogens with zero attached hydrogens (tertiary/aromatic N) is 1. The number of para-hydroxylation sites is 1. The molecular formula is C20H33N3O2. The number of rotatable bonds is 9. The molecule has 1 saturated carbocycles. The van der Waals surface area contributed by atoms with Crippen molar-refractivity contribution in [2.24, 2.45) is 11.1 Å². The van der Waals surface area contributed by atoms with Crippen molar-refractivity contribution in [3.05, 3.63) is 29.8 Å². The number of hydrogen-bond donors (Lipinski definition) is 2. The molecule has 0 spiro atoms. The van der Waals surface area contributed by atoms with Gasteiger partial charge in [0, 0.05) is 25.1 Å². The molecule has 5 nitrogen and oxygen atoms in total. The molecule has 25 heavy (non-hydrogen) atoms. The summed E-state index contributed by atoms with van der Waals surface area (Å²) >= 11 is 0. The standard InChI is InChI=1S/C20H33N3O2/c1-23(2)12-13-25-18-9-5-4-8-17(18)15-22-19(24)14-20(16-21)10-6-3-7-11-20/h4-5,8-9H,3,6-7,10-16,21H2,1-2H3,(H,22,24). The Morgan fingerprint density at radius 2 is 1.96 bits per heavy atom. The second-order valence-electron chi connectivity index (χ2n) is 7.48. The van der Waals surface area contributed by atoms with E-state index in [1.54, 1.807) is 0 Å². The molecule has 3 N–H and O–H groups in total. The largest absolute Gasteiger partial charge is 0.492 e. The number of likely N-dealkylation sites (N-methyl/N-ethyl adjacent to an activating group) is 1. The number of nitrogens with one attached hydrogen (secondary N) is 1. The molecule has 0 heterocycles. The molecule has 0 unspecified atom stereocenters. The van der Waals surface area contributed by atoms with Crippen LogP contribution in [0.3, 0.4) is 0 Å². The van der Waals surface area contributed by atoms with Gasteiger partial charge >= 0.3 is 0 Å². The molecule has 0 bridgehead atoms. The van der Waals surface area contributed by atoms with Crippen molar-refractivity contribution < 1.29 is 9.53 Å². The summed E-state index contributed by atoms with van der Waals surface area (Å²) in [6, 6.07) is 7.90. The maximum absolute atomic E-state index is 12.4. The van der Waals surface area contributed by atoms with Gasteiger partial charge in [-0.2, -0.15) is 0 Å². The number of carbonyl (C=O) groups excluding carboxylic acids is 1.